The van der Waals surface area contributed by atoms with Gasteiger partial charge < -0.3 is 5.32 Å². The second-order valence-electron chi connectivity index (χ2n) is 5.62. The summed E-state index contributed by atoms with van der Waals surface area (Å²) in [6, 6.07) is 11.8. The van der Waals surface area contributed by atoms with Crippen LogP contribution in [-0.2, 0) is 10.0 Å². The highest BCUT2D eigenvalue weighted by Crippen LogP contribution is 2.21. The molecule has 0 fully saturated rings. The van der Waals surface area contributed by atoms with Crippen LogP contribution in [0.1, 0.15) is 14.5 Å². The van der Waals surface area contributed by atoms with Crippen LogP contribution in [0.5, 0.6) is 0 Å². The molecule has 3 aromatic rings. The van der Waals surface area contributed by atoms with Crippen LogP contribution < -0.4 is 10.0 Å². The van der Waals surface area contributed by atoms with E-state index in [1.54, 1.807) is 6.07 Å². The van der Waals surface area contributed by atoms with Gasteiger partial charge in [-0.15, -0.1) is 11.3 Å². The molecule has 0 atom stereocenters. The third kappa shape index (κ3) is 4.50. The van der Waals surface area contributed by atoms with Crippen LogP contribution in [0.2, 0.25) is 0 Å². The van der Waals surface area contributed by atoms with Crippen molar-refractivity contribution in [3.63, 3.8) is 0 Å². The van der Waals surface area contributed by atoms with Crippen molar-refractivity contribution in [3.8, 4) is 0 Å². The second kappa shape index (κ2) is 7.45. The summed E-state index contributed by atoms with van der Waals surface area (Å²) in [7, 11) is -4.07. The van der Waals surface area contributed by atoms with E-state index in [2.05, 4.69) is 10.0 Å². The number of rotatable bonds is 5. The lowest BCUT2D eigenvalue weighted by Crippen LogP contribution is -2.14. The van der Waals surface area contributed by atoms with Crippen LogP contribution in [-0.4, -0.2) is 14.3 Å². The van der Waals surface area contributed by atoms with E-state index in [0.717, 1.165) is 17.0 Å². The largest absolute Gasteiger partial charge is 0.321 e. The highest BCUT2D eigenvalue weighted by molar-refractivity contribution is 7.92. The van der Waals surface area contributed by atoms with Crippen molar-refractivity contribution in [2.45, 2.75) is 11.8 Å². The second-order valence-corrected chi connectivity index (χ2v) is 8.59. The van der Waals surface area contributed by atoms with Gasteiger partial charge in [0.1, 0.15) is 0 Å². The average Bonchev–Trinajstić information content (AvgIpc) is 3.05. The van der Waals surface area contributed by atoms with Gasteiger partial charge in [-0.05, 0) is 61.5 Å². The van der Waals surface area contributed by atoms with Gasteiger partial charge in [0, 0.05) is 16.3 Å². The number of benzene rings is 2. The number of carbonyl (C=O) groups is 1. The van der Waals surface area contributed by atoms with E-state index in [1.165, 1.54) is 35.6 Å². The minimum atomic E-state index is -4.07. The molecule has 1 heterocycles. The number of amides is 1. The SMILES string of the molecule is Cc1ccc(C(=O)Nc2ccc(NS(=O)(=O)c3ccc(F)c(F)c3)cc2)s1. The van der Waals surface area contributed by atoms with Gasteiger partial charge in [0.05, 0.1) is 9.77 Å². The van der Waals surface area contributed by atoms with Gasteiger partial charge in [-0.3, -0.25) is 9.52 Å². The Bertz CT molecular complexity index is 1090. The topological polar surface area (TPSA) is 75.3 Å². The quantitative estimate of drug-likeness (QED) is 0.658. The molecule has 0 saturated heterocycles. The van der Waals surface area contributed by atoms with E-state index >= 15 is 0 Å². The minimum absolute atomic E-state index is 0.213. The van der Waals surface area contributed by atoms with Crippen molar-refractivity contribution in [2.75, 3.05) is 10.0 Å². The molecule has 0 saturated carbocycles. The standard InChI is InChI=1S/C18H14F2N2O3S2/c1-11-2-9-17(26-11)18(23)21-12-3-5-13(6-4-12)22-27(24,25)14-7-8-15(19)16(20)10-14/h2-10,22H,1H3,(H,21,23). The van der Waals surface area contributed by atoms with Crippen LogP contribution in [0.15, 0.2) is 59.5 Å². The van der Waals surface area contributed by atoms with Gasteiger partial charge in [-0.1, -0.05) is 0 Å². The summed E-state index contributed by atoms with van der Waals surface area (Å²) < 4.78 is 53.0. The Hall–Kier alpha value is -2.78. The summed E-state index contributed by atoms with van der Waals surface area (Å²) in [5.74, 6) is -2.64. The Morgan fingerprint density at radius 2 is 1.59 bits per heavy atom. The van der Waals surface area contributed by atoms with E-state index in [-0.39, 0.29) is 11.6 Å². The van der Waals surface area contributed by atoms with Crippen molar-refractivity contribution in [2.24, 2.45) is 0 Å². The highest BCUT2D eigenvalue weighted by Gasteiger charge is 2.17. The predicted octanol–water partition coefficient (Wildman–Crippen LogP) is 4.39. The molecule has 0 aliphatic carbocycles. The molecule has 1 amide bonds. The lowest BCUT2D eigenvalue weighted by atomic mass is 10.3. The third-order valence-corrected chi connectivity index (χ3v) is 5.94. The Morgan fingerprint density at radius 1 is 0.926 bits per heavy atom. The van der Waals surface area contributed by atoms with Crippen molar-refractivity contribution in [3.05, 3.63) is 76.0 Å². The Balaban J connectivity index is 1.71. The number of sulfonamides is 1. The maximum Gasteiger partial charge on any atom is 0.265 e. The molecule has 2 aromatic carbocycles. The van der Waals surface area contributed by atoms with Crippen LogP contribution in [0, 0.1) is 18.6 Å². The fourth-order valence-electron chi connectivity index (χ4n) is 2.23. The lowest BCUT2D eigenvalue weighted by molar-refractivity contribution is 0.103. The maximum absolute atomic E-state index is 13.3. The van der Waals surface area contributed by atoms with E-state index in [0.29, 0.717) is 16.6 Å². The molecule has 27 heavy (non-hydrogen) atoms. The zero-order valence-corrected chi connectivity index (χ0v) is 15.6. The molecule has 9 heteroatoms. The highest BCUT2D eigenvalue weighted by atomic mass is 32.2. The normalized spacial score (nSPS) is 11.2. The maximum atomic E-state index is 13.3. The number of halogens is 2. The molecule has 0 bridgehead atoms. The van der Waals surface area contributed by atoms with Crippen molar-refractivity contribution in [1.82, 2.24) is 0 Å². The Labute approximate surface area is 158 Å². The van der Waals surface area contributed by atoms with Crippen LogP contribution in [0.4, 0.5) is 20.2 Å². The number of thiophene rings is 1. The molecule has 0 unspecified atom stereocenters. The zero-order valence-electron chi connectivity index (χ0n) is 14.0. The molecule has 0 aliphatic rings. The molecule has 0 aliphatic heterocycles. The molecule has 3 rings (SSSR count). The van der Waals surface area contributed by atoms with Gasteiger partial charge >= 0.3 is 0 Å². The minimum Gasteiger partial charge on any atom is -0.321 e. The van der Waals surface area contributed by atoms with Gasteiger partial charge in [-0.2, -0.15) is 0 Å². The molecule has 2 N–H and O–H groups in total. The smallest absolute Gasteiger partial charge is 0.265 e. The summed E-state index contributed by atoms with van der Waals surface area (Å²) in [5, 5.41) is 2.71. The Morgan fingerprint density at radius 3 is 2.19 bits per heavy atom. The summed E-state index contributed by atoms with van der Waals surface area (Å²) in [4.78, 5) is 13.3. The number of carbonyl (C=O) groups excluding carboxylic acids is 1. The van der Waals surface area contributed by atoms with Gasteiger partial charge in [-0.25, -0.2) is 17.2 Å². The van der Waals surface area contributed by atoms with E-state index in [9.17, 15) is 22.0 Å². The number of hydrogen-bond donors (Lipinski definition) is 2. The Kier molecular flexibility index (Phi) is 5.24. The zero-order chi connectivity index (χ0) is 19.6. The summed E-state index contributed by atoms with van der Waals surface area (Å²) in [6.45, 7) is 1.90. The first-order valence-electron chi connectivity index (χ1n) is 7.70. The summed E-state index contributed by atoms with van der Waals surface area (Å²) in [5.41, 5.74) is 0.700. The monoisotopic (exact) mass is 408 g/mol. The fraction of sp³-hybridized carbons (Fsp3) is 0.0556. The molecule has 5 nitrogen and oxygen atoms in total. The number of aryl methyl sites for hydroxylation is 1. The van der Waals surface area contributed by atoms with Crippen molar-refractivity contribution >= 4 is 38.6 Å². The first kappa shape index (κ1) is 19.0. The van der Waals surface area contributed by atoms with Crippen molar-refractivity contribution in [1.29, 1.82) is 0 Å². The third-order valence-electron chi connectivity index (χ3n) is 3.56. The first-order chi connectivity index (χ1) is 12.7. The van der Waals surface area contributed by atoms with E-state index < -0.39 is 26.6 Å². The molecule has 0 radical (unpaired) electrons. The van der Waals surface area contributed by atoms with Gasteiger partial charge in [0.15, 0.2) is 11.6 Å². The van der Waals surface area contributed by atoms with Crippen LogP contribution in [0.25, 0.3) is 0 Å². The number of nitrogens with one attached hydrogen (secondary N) is 2. The van der Waals surface area contributed by atoms with Crippen molar-refractivity contribution < 1.29 is 22.0 Å². The molecule has 0 spiro atoms. The average molecular weight is 408 g/mol. The molecule has 1 aromatic heterocycles. The first-order valence-corrected chi connectivity index (χ1v) is 10.0. The fourth-order valence-corrected chi connectivity index (χ4v) is 4.06. The number of anilines is 2. The van der Waals surface area contributed by atoms with E-state index in [4.69, 9.17) is 0 Å². The van der Waals surface area contributed by atoms with Crippen LogP contribution >= 0.6 is 11.3 Å². The molecule has 140 valence electrons. The molecular weight excluding hydrogens is 394 g/mol. The lowest BCUT2D eigenvalue weighted by Gasteiger charge is -2.09. The summed E-state index contributed by atoms with van der Waals surface area (Å²) >= 11 is 1.36. The van der Waals surface area contributed by atoms with Crippen LogP contribution in [0.3, 0.4) is 0 Å². The predicted molar refractivity (Wildman–Crippen MR) is 101 cm³/mol. The van der Waals surface area contributed by atoms with E-state index in [1.807, 2.05) is 13.0 Å². The molecular formula is C18H14F2N2O3S2. The summed E-state index contributed by atoms with van der Waals surface area (Å²) in [6.07, 6.45) is 0. The van der Waals surface area contributed by atoms with Gasteiger partial charge in [0.25, 0.3) is 15.9 Å². The number of hydrogen-bond acceptors (Lipinski definition) is 4. The van der Waals surface area contributed by atoms with Gasteiger partial charge in [0.2, 0.25) is 0 Å².